The molecule has 0 bridgehead atoms. The van der Waals surface area contributed by atoms with E-state index in [0.717, 1.165) is 6.07 Å². The van der Waals surface area contributed by atoms with Gasteiger partial charge >= 0.3 is 12.1 Å². The van der Waals surface area contributed by atoms with Crippen LogP contribution in [0.5, 0.6) is 17.2 Å². The fourth-order valence-corrected chi connectivity index (χ4v) is 3.97. The standard InChI is InChI=1S/C29H23ClF3NO7/c1-4-38-28(37)17-5-7-18(8-6-17)34-23(35)14-39-19-9-10-21-22(13-19)41-27(29(31,32)33)26(25(21)36)40-20-11-15(2)24(30)16(3)12-20/h5-13H,4,14H2,1-3H3,(H,34,35). The fourth-order valence-electron chi connectivity index (χ4n) is 3.86. The molecule has 0 spiro atoms. The number of hydrogen-bond acceptors (Lipinski definition) is 7. The molecule has 0 radical (unpaired) electrons. The van der Waals surface area contributed by atoms with E-state index in [2.05, 4.69) is 5.32 Å². The number of fused-ring (bicyclic) bond motifs is 1. The molecular formula is C29H23ClF3NO7. The first-order valence-corrected chi connectivity index (χ1v) is 12.6. The predicted octanol–water partition coefficient (Wildman–Crippen LogP) is 7.07. The third kappa shape index (κ3) is 6.80. The van der Waals surface area contributed by atoms with Crippen molar-refractivity contribution in [2.24, 2.45) is 0 Å². The van der Waals surface area contributed by atoms with Gasteiger partial charge < -0.3 is 23.9 Å². The van der Waals surface area contributed by atoms with Crippen LogP contribution in [-0.4, -0.2) is 25.1 Å². The Balaban J connectivity index is 1.54. The smallest absolute Gasteiger partial charge is 0.453 e. The highest BCUT2D eigenvalue weighted by Crippen LogP contribution is 2.39. The highest BCUT2D eigenvalue weighted by Gasteiger charge is 2.40. The van der Waals surface area contributed by atoms with Gasteiger partial charge in [-0.25, -0.2) is 4.79 Å². The molecule has 12 heteroatoms. The van der Waals surface area contributed by atoms with Gasteiger partial charge in [0.25, 0.3) is 11.7 Å². The van der Waals surface area contributed by atoms with Crippen molar-refractivity contribution < 1.29 is 41.4 Å². The maximum absolute atomic E-state index is 13.9. The molecule has 41 heavy (non-hydrogen) atoms. The van der Waals surface area contributed by atoms with E-state index in [1.807, 2.05) is 0 Å². The van der Waals surface area contributed by atoms with Crippen LogP contribution in [0, 0.1) is 13.8 Å². The van der Waals surface area contributed by atoms with Gasteiger partial charge in [0.2, 0.25) is 11.2 Å². The van der Waals surface area contributed by atoms with Crippen LogP contribution in [0.1, 0.15) is 34.2 Å². The number of benzene rings is 3. The monoisotopic (exact) mass is 589 g/mol. The first kappa shape index (κ1) is 29.5. The minimum atomic E-state index is -5.06. The van der Waals surface area contributed by atoms with Crippen molar-refractivity contribution in [2.75, 3.05) is 18.5 Å². The molecule has 214 valence electrons. The lowest BCUT2D eigenvalue weighted by Gasteiger charge is -2.15. The van der Waals surface area contributed by atoms with Crippen LogP contribution in [0.25, 0.3) is 11.0 Å². The van der Waals surface area contributed by atoms with Gasteiger partial charge in [-0.15, -0.1) is 0 Å². The lowest BCUT2D eigenvalue weighted by molar-refractivity contribution is -0.154. The van der Waals surface area contributed by atoms with E-state index >= 15 is 0 Å². The highest BCUT2D eigenvalue weighted by atomic mass is 35.5. The maximum atomic E-state index is 13.9. The third-order valence-electron chi connectivity index (χ3n) is 5.76. The molecule has 0 aliphatic carbocycles. The number of halogens is 4. The van der Waals surface area contributed by atoms with Gasteiger partial charge in [0.15, 0.2) is 6.61 Å². The van der Waals surface area contributed by atoms with E-state index in [1.54, 1.807) is 20.8 Å². The van der Waals surface area contributed by atoms with E-state index in [-0.39, 0.29) is 23.5 Å². The summed E-state index contributed by atoms with van der Waals surface area (Å²) in [4.78, 5) is 37.1. The molecule has 0 aliphatic heterocycles. The van der Waals surface area contributed by atoms with Crippen molar-refractivity contribution >= 4 is 40.1 Å². The molecular weight excluding hydrogens is 567 g/mol. The second-order valence-electron chi connectivity index (χ2n) is 8.85. The van der Waals surface area contributed by atoms with Crippen molar-refractivity contribution in [1.29, 1.82) is 0 Å². The van der Waals surface area contributed by atoms with Gasteiger partial charge in [-0.2, -0.15) is 13.2 Å². The number of alkyl halides is 3. The van der Waals surface area contributed by atoms with Crippen LogP contribution < -0.4 is 20.2 Å². The zero-order valence-corrected chi connectivity index (χ0v) is 22.7. The molecule has 0 fully saturated rings. The number of carbonyl (C=O) groups excluding carboxylic acids is 2. The number of esters is 1. The van der Waals surface area contributed by atoms with Crippen molar-refractivity contribution in [2.45, 2.75) is 26.9 Å². The Morgan fingerprint density at radius 2 is 1.63 bits per heavy atom. The Hall–Kier alpha value is -4.51. The minimum Gasteiger partial charge on any atom is -0.484 e. The Bertz CT molecular complexity index is 1660. The number of anilines is 1. The Kier molecular flexibility index (Phi) is 8.57. The number of ether oxygens (including phenoxy) is 3. The number of nitrogens with one attached hydrogen (secondary N) is 1. The van der Waals surface area contributed by atoms with Crippen LogP contribution in [0.3, 0.4) is 0 Å². The molecule has 0 aliphatic rings. The number of hydrogen-bond donors (Lipinski definition) is 1. The largest absolute Gasteiger partial charge is 0.484 e. The molecule has 8 nitrogen and oxygen atoms in total. The highest BCUT2D eigenvalue weighted by molar-refractivity contribution is 6.32. The van der Waals surface area contributed by atoms with Gasteiger partial charge in [0.1, 0.15) is 17.1 Å². The summed E-state index contributed by atoms with van der Waals surface area (Å²) in [6.07, 6.45) is -5.06. The topological polar surface area (TPSA) is 104 Å². The SMILES string of the molecule is CCOC(=O)c1ccc(NC(=O)COc2ccc3c(=O)c(Oc4cc(C)c(Cl)c(C)c4)c(C(F)(F)F)oc3c2)cc1. The molecule has 0 saturated carbocycles. The normalized spacial score (nSPS) is 11.3. The predicted molar refractivity (Wildman–Crippen MR) is 145 cm³/mol. The lowest BCUT2D eigenvalue weighted by atomic mass is 10.1. The van der Waals surface area contributed by atoms with Crippen molar-refractivity contribution in [3.63, 3.8) is 0 Å². The molecule has 1 amide bonds. The van der Waals surface area contributed by atoms with Crippen LogP contribution in [0.2, 0.25) is 5.02 Å². The Morgan fingerprint density at radius 1 is 0.976 bits per heavy atom. The summed E-state index contributed by atoms with van der Waals surface area (Å²) in [6.45, 7) is 4.71. The number of rotatable bonds is 8. The summed E-state index contributed by atoms with van der Waals surface area (Å²) in [5, 5.41) is 2.80. The van der Waals surface area contributed by atoms with E-state index < -0.39 is 47.2 Å². The number of carbonyl (C=O) groups is 2. The quantitative estimate of drug-likeness (QED) is 0.219. The van der Waals surface area contributed by atoms with Gasteiger partial charge in [-0.1, -0.05) is 11.6 Å². The second-order valence-corrected chi connectivity index (χ2v) is 9.23. The first-order valence-electron chi connectivity index (χ1n) is 12.2. The number of amides is 1. The Morgan fingerprint density at radius 3 is 2.24 bits per heavy atom. The average molecular weight is 590 g/mol. The lowest BCUT2D eigenvalue weighted by Crippen LogP contribution is -2.20. The first-order chi connectivity index (χ1) is 19.4. The molecule has 1 aromatic heterocycles. The van der Waals surface area contributed by atoms with Crippen LogP contribution in [-0.2, 0) is 15.7 Å². The molecule has 3 aromatic carbocycles. The fraction of sp³-hybridized carbons (Fsp3) is 0.207. The minimum absolute atomic E-state index is 0.0111. The van der Waals surface area contributed by atoms with Crippen LogP contribution >= 0.6 is 11.6 Å². The van der Waals surface area contributed by atoms with Gasteiger partial charge in [-0.3, -0.25) is 9.59 Å². The number of aryl methyl sites for hydroxylation is 2. The zero-order valence-electron chi connectivity index (χ0n) is 22.0. The van der Waals surface area contributed by atoms with Crippen molar-refractivity contribution in [1.82, 2.24) is 0 Å². The van der Waals surface area contributed by atoms with Crippen LogP contribution in [0.4, 0.5) is 18.9 Å². The van der Waals surface area contributed by atoms with Gasteiger partial charge in [-0.05, 0) is 80.4 Å². The van der Waals surface area contributed by atoms with E-state index in [9.17, 15) is 27.6 Å². The maximum Gasteiger partial charge on any atom is 0.453 e. The van der Waals surface area contributed by atoms with E-state index in [1.165, 1.54) is 48.5 Å². The van der Waals surface area contributed by atoms with Crippen molar-refractivity contribution in [3.05, 3.63) is 92.3 Å². The summed E-state index contributed by atoms with van der Waals surface area (Å²) < 4.78 is 62.5. The van der Waals surface area contributed by atoms with E-state index in [0.29, 0.717) is 27.4 Å². The van der Waals surface area contributed by atoms with Gasteiger partial charge in [0.05, 0.1) is 17.6 Å². The zero-order chi connectivity index (χ0) is 29.9. The summed E-state index contributed by atoms with van der Waals surface area (Å²) >= 11 is 6.12. The molecule has 4 rings (SSSR count). The molecule has 0 unspecified atom stereocenters. The van der Waals surface area contributed by atoms with Crippen molar-refractivity contribution in [3.8, 4) is 17.2 Å². The average Bonchev–Trinajstić information content (AvgIpc) is 2.91. The summed E-state index contributed by atoms with van der Waals surface area (Å²) in [5.41, 5.74) is 0.346. The van der Waals surface area contributed by atoms with E-state index in [4.69, 9.17) is 30.2 Å². The Labute approximate surface area is 236 Å². The molecule has 1 N–H and O–H groups in total. The summed E-state index contributed by atoms with van der Waals surface area (Å²) in [5.74, 6) is -3.75. The summed E-state index contributed by atoms with van der Waals surface area (Å²) in [7, 11) is 0. The summed E-state index contributed by atoms with van der Waals surface area (Å²) in [6, 6.07) is 12.4. The second kappa shape index (κ2) is 11.9. The van der Waals surface area contributed by atoms with Gasteiger partial charge in [0, 0.05) is 16.8 Å². The molecule has 1 heterocycles. The van der Waals surface area contributed by atoms with Crippen LogP contribution in [0.15, 0.2) is 63.8 Å². The molecule has 0 atom stereocenters. The molecule has 4 aromatic rings. The molecule has 0 saturated heterocycles. The third-order valence-corrected chi connectivity index (χ3v) is 6.36.